The minimum absolute atomic E-state index is 0.0504. The Bertz CT molecular complexity index is 1240. The first-order valence-corrected chi connectivity index (χ1v) is 12.4. The number of pyridine rings is 1. The Hall–Kier alpha value is -3.83. The molecule has 1 saturated heterocycles. The van der Waals surface area contributed by atoms with Gasteiger partial charge in [0.25, 0.3) is 5.91 Å². The van der Waals surface area contributed by atoms with E-state index in [9.17, 15) is 14.4 Å². The molecule has 0 radical (unpaired) electrons. The first kappa shape index (κ1) is 28.7. The fourth-order valence-corrected chi connectivity index (χ4v) is 3.55. The molecule has 204 valence electrons. The second-order valence-corrected chi connectivity index (χ2v) is 9.07. The van der Waals surface area contributed by atoms with E-state index < -0.39 is 6.10 Å². The van der Waals surface area contributed by atoms with Crippen LogP contribution in [0.25, 0.3) is 0 Å². The first-order chi connectivity index (χ1) is 18.2. The third-order valence-corrected chi connectivity index (χ3v) is 6.00. The number of H-pyrrole nitrogens is 1. The third kappa shape index (κ3) is 8.93. The largest absolute Gasteiger partial charge is 0.491 e. The van der Waals surface area contributed by atoms with Crippen molar-refractivity contribution in [2.24, 2.45) is 0 Å². The molecule has 0 saturated carbocycles. The molecule has 2 N–H and O–H groups in total. The van der Waals surface area contributed by atoms with Gasteiger partial charge in [0.2, 0.25) is 5.91 Å². The van der Waals surface area contributed by atoms with Gasteiger partial charge in [-0.25, -0.2) is 0 Å². The molecule has 1 aliphatic heterocycles. The van der Waals surface area contributed by atoms with Gasteiger partial charge in [-0.05, 0) is 44.0 Å². The summed E-state index contributed by atoms with van der Waals surface area (Å²) < 4.78 is 17.3. The second-order valence-electron chi connectivity index (χ2n) is 8.63. The van der Waals surface area contributed by atoms with Crippen LogP contribution in [0, 0.1) is 0 Å². The van der Waals surface area contributed by atoms with Gasteiger partial charge in [0.15, 0.2) is 11.3 Å². The SMILES string of the molecule is CC(COc1ccc(Cl)cc1)N(C)C(=O)Cn1cc(NC(=O)C2CCCO2)cn1.COc1cc(=O)cc[nH]1. The number of nitrogens with zero attached hydrogens (tertiary/aromatic N) is 3. The molecule has 3 heterocycles. The average molecular weight is 546 g/mol. The van der Waals surface area contributed by atoms with Gasteiger partial charge < -0.3 is 29.4 Å². The molecule has 1 aliphatic rings. The van der Waals surface area contributed by atoms with Crippen molar-refractivity contribution in [2.45, 2.75) is 38.5 Å². The number of carbonyl (C=O) groups is 2. The van der Waals surface area contributed by atoms with Crippen LogP contribution >= 0.6 is 11.6 Å². The second kappa shape index (κ2) is 14.2. The Labute approximate surface area is 225 Å². The number of aromatic nitrogens is 3. The summed E-state index contributed by atoms with van der Waals surface area (Å²) >= 11 is 5.86. The molecule has 1 fully saturated rings. The Balaban J connectivity index is 0.000000375. The lowest BCUT2D eigenvalue weighted by molar-refractivity contribution is -0.133. The zero-order valence-corrected chi connectivity index (χ0v) is 22.3. The van der Waals surface area contributed by atoms with Crippen molar-refractivity contribution in [3.05, 3.63) is 70.2 Å². The maximum Gasteiger partial charge on any atom is 0.253 e. The lowest BCUT2D eigenvalue weighted by atomic mass is 10.2. The normalized spacial score (nSPS) is 15.1. The molecule has 2 amide bonds. The van der Waals surface area contributed by atoms with Crippen LogP contribution in [0.15, 0.2) is 59.8 Å². The number of aromatic amines is 1. The average Bonchev–Trinajstić information content (AvgIpc) is 3.61. The quantitative estimate of drug-likeness (QED) is 0.423. The van der Waals surface area contributed by atoms with E-state index in [0.29, 0.717) is 35.6 Å². The molecular formula is C26H32ClN5O6. The van der Waals surface area contributed by atoms with Crippen molar-refractivity contribution in [1.82, 2.24) is 19.7 Å². The van der Waals surface area contributed by atoms with Crippen LogP contribution in [-0.4, -0.2) is 71.0 Å². The number of rotatable bonds is 9. The molecule has 3 aromatic rings. The topological polar surface area (TPSA) is 128 Å². The van der Waals surface area contributed by atoms with Crippen molar-refractivity contribution in [3.63, 3.8) is 0 Å². The summed E-state index contributed by atoms with van der Waals surface area (Å²) in [4.78, 5) is 39.5. The molecule has 2 aromatic heterocycles. The number of likely N-dealkylation sites (N-methyl/N-ethyl adjacent to an activating group) is 1. The maximum atomic E-state index is 12.5. The Morgan fingerprint density at radius 1 is 1.32 bits per heavy atom. The van der Waals surface area contributed by atoms with Crippen LogP contribution in [0.2, 0.25) is 5.02 Å². The predicted molar refractivity (Wildman–Crippen MR) is 143 cm³/mol. The van der Waals surface area contributed by atoms with Crippen molar-refractivity contribution in [3.8, 4) is 11.6 Å². The van der Waals surface area contributed by atoms with Crippen LogP contribution in [0.3, 0.4) is 0 Å². The van der Waals surface area contributed by atoms with E-state index in [2.05, 4.69) is 15.4 Å². The number of benzene rings is 1. The summed E-state index contributed by atoms with van der Waals surface area (Å²) in [6.45, 7) is 2.94. The highest BCUT2D eigenvalue weighted by molar-refractivity contribution is 6.30. The summed E-state index contributed by atoms with van der Waals surface area (Å²) in [5.41, 5.74) is 0.491. The number of amides is 2. The van der Waals surface area contributed by atoms with Crippen molar-refractivity contribution in [1.29, 1.82) is 0 Å². The zero-order chi connectivity index (χ0) is 27.5. The fraction of sp³-hybridized carbons (Fsp3) is 0.385. The molecule has 4 rings (SSSR count). The maximum absolute atomic E-state index is 12.5. The minimum atomic E-state index is -0.410. The van der Waals surface area contributed by atoms with E-state index in [-0.39, 0.29) is 29.8 Å². The number of ether oxygens (including phenoxy) is 3. The van der Waals surface area contributed by atoms with E-state index in [1.165, 1.54) is 30.1 Å². The van der Waals surface area contributed by atoms with Crippen LogP contribution < -0.4 is 20.2 Å². The van der Waals surface area contributed by atoms with E-state index in [4.69, 9.17) is 25.8 Å². The van der Waals surface area contributed by atoms with Crippen LogP contribution in [-0.2, 0) is 20.9 Å². The van der Waals surface area contributed by atoms with Crippen molar-refractivity contribution in [2.75, 3.05) is 32.7 Å². The van der Waals surface area contributed by atoms with E-state index >= 15 is 0 Å². The molecule has 0 bridgehead atoms. The summed E-state index contributed by atoms with van der Waals surface area (Å²) in [6, 6.07) is 9.77. The lowest BCUT2D eigenvalue weighted by Crippen LogP contribution is -2.40. The fourth-order valence-electron chi connectivity index (χ4n) is 3.42. The molecule has 38 heavy (non-hydrogen) atoms. The molecule has 11 nitrogen and oxygen atoms in total. The summed E-state index contributed by atoms with van der Waals surface area (Å²) in [5.74, 6) is 0.888. The molecule has 0 aliphatic carbocycles. The Kier molecular flexibility index (Phi) is 10.7. The summed E-state index contributed by atoms with van der Waals surface area (Å²) in [5, 5.41) is 7.56. The van der Waals surface area contributed by atoms with Crippen molar-refractivity contribution < 1.29 is 23.8 Å². The van der Waals surface area contributed by atoms with Gasteiger partial charge in [-0.15, -0.1) is 0 Å². The number of halogens is 1. The highest BCUT2D eigenvalue weighted by Crippen LogP contribution is 2.17. The number of anilines is 1. The molecule has 2 atom stereocenters. The van der Waals surface area contributed by atoms with E-state index in [0.717, 1.165) is 12.8 Å². The molecule has 2 unspecified atom stereocenters. The minimum Gasteiger partial charge on any atom is -0.491 e. The van der Waals surface area contributed by atoms with E-state index in [1.54, 1.807) is 48.6 Å². The number of carbonyl (C=O) groups excluding carboxylic acids is 2. The number of hydrogen-bond donors (Lipinski definition) is 2. The number of methoxy groups -OCH3 is 1. The van der Waals surface area contributed by atoms with Gasteiger partial charge in [0, 0.05) is 43.2 Å². The highest BCUT2D eigenvalue weighted by atomic mass is 35.5. The summed E-state index contributed by atoms with van der Waals surface area (Å²) in [6.07, 6.45) is 5.90. The summed E-state index contributed by atoms with van der Waals surface area (Å²) in [7, 11) is 3.23. The molecule has 12 heteroatoms. The Morgan fingerprint density at radius 3 is 2.71 bits per heavy atom. The number of hydrogen-bond acceptors (Lipinski definition) is 7. The van der Waals surface area contributed by atoms with Gasteiger partial charge in [-0.1, -0.05) is 11.6 Å². The van der Waals surface area contributed by atoms with Gasteiger partial charge in [0.05, 0.1) is 25.0 Å². The van der Waals surface area contributed by atoms with Gasteiger partial charge >= 0.3 is 0 Å². The third-order valence-electron chi connectivity index (χ3n) is 5.75. The highest BCUT2D eigenvalue weighted by Gasteiger charge is 2.24. The molecule has 0 spiro atoms. The first-order valence-electron chi connectivity index (χ1n) is 12.1. The van der Waals surface area contributed by atoms with Crippen molar-refractivity contribution >= 4 is 29.1 Å². The predicted octanol–water partition coefficient (Wildman–Crippen LogP) is 2.96. The molecule has 1 aromatic carbocycles. The van der Waals surface area contributed by atoms with Gasteiger partial charge in [-0.3, -0.25) is 19.1 Å². The Morgan fingerprint density at radius 2 is 2.08 bits per heavy atom. The monoisotopic (exact) mass is 545 g/mol. The smallest absolute Gasteiger partial charge is 0.253 e. The van der Waals surface area contributed by atoms with Crippen LogP contribution in [0.4, 0.5) is 5.69 Å². The van der Waals surface area contributed by atoms with E-state index in [1.807, 2.05) is 6.92 Å². The van der Waals surface area contributed by atoms with Gasteiger partial charge in [-0.2, -0.15) is 5.10 Å². The van der Waals surface area contributed by atoms with Gasteiger partial charge in [0.1, 0.15) is 25.0 Å². The molecular weight excluding hydrogens is 514 g/mol. The zero-order valence-electron chi connectivity index (χ0n) is 21.6. The van der Waals surface area contributed by atoms with Crippen LogP contribution in [0.1, 0.15) is 19.8 Å². The number of nitrogens with one attached hydrogen (secondary N) is 2. The standard InChI is InChI=1S/C20H25ClN4O4.C6H7NO2/c1-14(13-29-17-7-5-15(21)6-8-17)24(2)19(26)12-25-11-16(10-22-25)23-20(27)18-4-3-9-28-18;1-9-6-4-5(8)2-3-7-6/h5-8,10-11,14,18H,3-4,9,12-13H2,1-2H3,(H,23,27);2-4H,1H3,(H,7,8). The lowest BCUT2D eigenvalue weighted by Gasteiger charge is -2.25. The van der Waals surface area contributed by atoms with Crippen LogP contribution in [0.5, 0.6) is 11.6 Å².